The summed E-state index contributed by atoms with van der Waals surface area (Å²) in [4.78, 5) is 0. The van der Waals surface area contributed by atoms with Crippen molar-refractivity contribution in [2.24, 2.45) is 0 Å². The number of terminal acetylenes is 1. The maximum atomic E-state index is 10.9. The van der Waals surface area contributed by atoms with Crippen molar-refractivity contribution in [2.45, 2.75) is 18.8 Å². The van der Waals surface area contributed by atoms with E-state index in [1.807, 2.05) is 84.9 Å². The number of benzene rings is 3. The van der Waals surface area contributed by atoms with Crippen LogP contribution in [-0.2, 0) is 23.6 Å². The Hall–Kier alpha value is -3.12. The van der Waals surface area contributed by atoms with E-state index in [0.29, 0.717) is 24.3 Å². The Kier molecular flexibility index (Phi) is 5.88. The summed E-state index contributed by atoms with van der Waals surface area (Å²) in [6.07, 6.45) is 7.46. The van der Waals surface area contributed by atoms with E-state index < -0.39 is 5.60 Å². The molecule has 1 unspecified atom stereocenters. The Morgan fingerprint density at radius 1 is 0.852 bits per heavy atom. The normalized spacial score (nSPS) is 12.7. The molecule has 2 heteroatoms. The van der Waals surface area contributed by atoms with Crippen LogP contribution in [0.15, 0.2) is 85.4 Å². The molecular formula is C25H22O2. The fraction of sp³-hybridized carbons (Fsp3) is 0.120. The first-order valence-corrected chi connectivity index (χ1v) is 8.80. The van der Waals surface area contributed by atoms with E-state index in [2.05, 4.69) is 12.5 Å². The molecule has 0 aromatic heterocycles. The van der Waals surface area contributed by atoms with Gasteiger partial charge in [-0.3, -0.25) is 0 Å². The molecule has 3 rings (SSSR count). The summed E-state index contributed by atoms with van der Waals surface area (Å²) >= 11 is 0. The SMILES string of the molecule is C#CC(O)(c1ccccc1)c1ccc(COCc2ccc(C=C)cc2)cc1. The van der Waals surface area contributed by atoms with Crippen molar-refractivity contribution in [3.8, 4) is 12.3 Å². The van der Waals surface area contributed by atoms with Crippen molar-refractivity contribution in [3.05, 3.63) is 113 Å². The van der Waals surface area contributed by atoms with Gasteiger partial charge in [0.2, 0.25) is 0 Å². The van der Waals surface area contributed by atoms with Gasteiger partial charge in [0.1, 0.15) is 0 Å². The number of hydrogen-bond acceptors (Lipinski definition) is 2. The molecule has 0 fully saturated rings. The predicted molar refractivity (Wildman–Crippen MR) is 110 cm³/mol. The molecule has 0 heterocycles. The van der Waals surface area contributed by atoms with Gasteiger partial charge in [-0.2, -0.15) is 0 Å². The molecule has 0 spiro atoms. The lowest BCUT2D eigenvalue weighted by atomic mass is 9.87. The van der Waals surface area contributed by atoms with E-state index in [9.17, 15) is 5.11 Å². The third-order valence-corrected chi connectivity index (χ3v) is 4.53. The monoisotopic (exact) mass is 354 g/mol. The molecule has 0 aliphatic heterocycles. The maximum Gasteiger partial charge on any atom is 0.176 e. The average molecular weight is 354 g/mol. The van der Waals surface area contributed by atoms with E-state index in [0.717, 1.165) is 16.7 Å². The summed E-state index contributed by atoms with van der Waals surface area (Å²) in [5, 5.41) is 10.9. The van der Waals surface area contributed by atoms with Gasteiger partial charge in [-0.1, -0.05) is 97.4 Å². The summed E-state index contributed by atoms with van der Waals surface area (Å²) < 4.78 is 5.79. The lowest BCUT2D eigenvalue weighted by Crippen LogP contribution is -2.24. The van der Waals surface area contributed by atoms with Crippen LogP contribution in [0.3, 0.4) is 0 Å². The molecule has 2 nitrogen and oxygen atoms in total. The van der Waals surface area contributed by atoms with Gasteiger partial charge in [-0.25, -0.2) is 0 Å². The highest BCUT2D eigenvalue weighted by atomic mass is 16.5. The first kappa shape index (κ1) is 18.7. The highest BCUT2D eigenvalue weighted by Crippen LogP contribution is 2.29. The van der Waals surface area contributed by atoms with Crippen LogP contribution >= 0.6 is 0 Å². The molecular weight excluding hydrogens is 332 g/mol. The Balaban J connectivity index is 1.64. The molecule has 0 aliphatic carbocycles. The van der Waals surface area contributed by atoms with E-state index in [-0.39, 0.29) is 0 Å². The highest BCUT2D eigenvalue weighted by molar-refractivity contribution is 5.47. The lowest BCUT2D eigenvalue weighted by molar-refractivity contribution is 0.107. The smallest absolute Gasteiger partial charge is 0.176 e. The molecule has 0 saturated heterocycles. The summed E-state index contributed by atoms with van der Waals surface area (Å²) in [6.45, 7) is 4.78. The van der Waals surface area contributed by atoms with Gasteiger partial charge in [-0.05, 0) is 16.7 Å². The molecule has 0 radical (unpaired) electrons. The third-order valence-electron chi connectivity index (χ3n) is 4.53. The fourth-order valence-corrected chi connectivity index (χ4v) is 2.89. The van der Waals surface area contributed by atoms with Gasteiger partial charge in [0.15, 0.2) is 5.60 Å². The van der Waals surface area contributed by atoms with Gasteiger partial charge in [0.25, 0.3) is 0 Å². The van der Waals surface area contributed by atoms with Crippen LogP contribution < -0.4 is 0 Å². The van der Waals surface area contributed by atoms with Crippen molar-refractivity contribution in [2.75, 3.05) is 0 Å². The molecule has 0 aliphatic rings. The predicted octanol–water partition coefficient (Wildman–Crippen LogP) is 4.92. The topological polar surface area (TPSA) is 29.5 Å². The Morgan fingerprint density at radius 2 is 1.37 bits per heavy atom. The second-order valence-corrected chi connectivity index (χ2v) is 6.36. The van der Waals surface area contributed by atoms with Crippen molar-refractivity contribution >= 4 is 6.08 Å². The minimum absolute atomic E-state index is 0.489. The van der Waals surface area contributed by atoms with Gasteiger partial charge in [0.05, 0.1) is 13.2 Å². The average Bonchev–Trinajstić information content (AvgIpc) is 2.75. The fourth-order valence-electron chi connectivity index (χ4n) is 2.89. The quantitative estimate of drug-likeness (QED) is 0.611. The minimum Gasteiger partial charge on any atom is -0.372 e. The van der Waals surface area contributed by atoms with Gasteiger partial charge in [0, 0.05) is 11.1 Å². The third kappa shape index (κ3) is 4.35. The molecule has 3 aromatic rings. The summed E-state index contributed by atoms with van der Waals surface area (Å²) in [5.74, 6) is 2.52. The van der Waals surface area contributed by atoms with Crippen LogP contribution in [0, 0.1) is 12.3 Å². The first-order chi connectivity index (χ1) is 13.2. The molecule has 1 N–H and O–H groups in total. The van der Waals surface area contributed by atoms with E-state index in [4.69, 9.17) is 11.2 Å². The van der Waals surface area contributed by atoms with Crippen LogP contribution in [0.25, 0.3) is 6.08 Å². The molecule has 3 aromatic carbocycles. The maximum absolute atomic E-state index is 10.9. The standard InChI is InChI=1S/C25H22O2/c1-3-20-10-12-21(13-11-20)18-27-19-22-14-16-24(17-15-22)25(26,4-2)23-8-6-5-7-9-23/h2-3,5-17,26H,1,18-19H2. The van der Waals surface area contributed by atoms with Crippen LogP contribution in [0.4, 0.5) is 0 Å². The highest BCUT2D eigenvalue weighted by Gasteiger charge is 2.28. The first-order valence-electron chi connectivity index (χ1n) is 8.80. The second kappa shape index (κ2) is 8.51. The lowest BCUT2D eigenvalue weighted by Gasteiger charge is -2.23. The second-order valence-electron chi connectivity index (χ2n) is 6.36. The van der Waals surface area contributed by atoms with Gasteiger partial charge >= 0.3 is 0 Å². The Morgan fingerprint density at radius 3 is 1.89 bits per heavy atom. The van der Waals surface area contributed by atoms with Crippen LogP contribution in [-0.4, -0.2) is 5.11 Å². The largest absolute Gasteiger partial charge is 0.372 e. The number of hydrogen-bond donors (Lipinski definition) is 1. The molecule has 134 valence electrons. The van der Waals surface area contributed by atoms with Gasteiger partial charge in [-0.15, -0.1) is 6.42 Å². The number of aliphatic hydroxyl groups is 1. The van der Waals surface area contributed by atoms with Crippen molar-refractivity contribution in [1.82, 2.24) is 0 Å². The Bertz CT molecular complexity index is 919. The van der Waals surface area contributed by atoms with Crippen LogP contribution in [0.1, 0.15) is 27.8 Å². The van der Waals surface area contributed by atoms with E-state index in [1.54, 1.807) is 0 Å². The Labute approximate surface area is 160 Å². The van der Waals surface area contributed by atoms with Crippen molar-refractivity contribution < 1.29 is 9.84 Å². The number of rotatable bonds is 7. The van der Waals surface area contributed by atoms with E-state index in [1.165, 1.54) is 0 Å². The molecule has 0 saturated carbocycles. The van der Waals surface area contributed by atoms with E-state index >= 15 is 0 Å². The molecule has 27 heavy (non-hydrogen) atoms. The molecule has 0 amide bonds. The molecule has 0 bridgehead atoms. The van der Waals surface area contributed by atoms with Gasteiger partial charge < -0.3 is 9.84 Å². The zero-order chi connectivity index (χ0) is 19.1. The van der Waals surface area contributed by atoms with Crippen molar-refractivity contribution in [1.29, 1.82) is 0 Å². The summed E-state index contributed by atoms with van der Waals surface area (Å²) in [7, 11) is 0. The zero-order valence-electron chi connectivity index (χ0n) is 15.1. The van der Waals surface area contributed by atoms with Crippen molar-refractivity contribution in [3.63, 3.8) is 0 Å². The zero-order valence-corrected chi connectivity index (χ0v) is 15.1. The summed E-state index contributed by atoms with van der Waals surface area (Å²) in [5.41, 5.74) is 3.14. The summed E-state index contributed by atoms with van der Waals surface area (Å²) in [6, 6.07) is 24.9. The molecule has 1 atom stereocenters. The van der Waals surface area contributed by atoms with Crippen LogP contribution in [0.2, 0.25) is 0 Å². The number of ether oxygens (including phenoxy) is 1. The minimum atomic E-state index is -1.44. The van der Waals surface area contributed by atoms with Crippen LogP contribution in [0.5, 0.6) is 0 Å².